The molecule has 0 N–H and O–H groups in total. The number of nitrogens with zero attached hydrogens (tertiary/aromatic N) is 2. The van der Waals surface area contributed by atoms with E-state index in [4.69, 9.17) is 0 Å². The minimum absolute atomic E-state index is 0. The van der Waals surface area contributed by atoms with Gasteiger partial charge in [0, 0.05) is 0 Å². The summed E-state index contributed by atoms with van der Waals surface area (Å²) in [6.07, 6.45) is 29.8. The van der Waals surface area contributed by atoms with Gasteiger partial charge in [-0.2, -0.15) is 0 Å². The minimum atomic E-state index is 0. The van der Waals surface area contributed by atoms with Gasteiger partial charge in [0.05, 0.1) is 12.1 Å². The highest BCUT2D eigenvalue weighted by Gasteiger charge is 2.18. The first-order valence-electron chi connectivity index (χ1n) is 15.1. The number of hydrogen-bond donors (Lipinski definition) is 0. The quantitative estimate of drug-likeness (QED) is 0.108. The Bertz CT molecular complexity index is 690. The fourth-order valence-electron chi connectivity index (χ4n) is 4.94. The average molecular weight is 535 g/mol. The predicted octanol–water partition coefficient (Wildman–Crippen LogP) is 7.20. The summed E-state index contributed by atoms with van der Waals surface area (Å²) >= 11 is 2.09. The van der Waals surface area contributed by atoms with E-state index in [1.807, 2.05) is 0 Å². The van der Waals surface area contributed by atoms with Crippen LogP contribution in [0.15, 0.2) is 42.7 Å². The molecule has 1 aromatic heterocycles. The molecule has 0 saturated heterocycles. The Kier molecular flexibility index (Phi) is 21.3. The first-order valence-corrected chi connectivity index (χ1v) is 16.2. The molecule has 0 aliphatic heterocycles. The van der Waals surface area contributed by atoms with Crippen LogP contribution in [0.5, 0.6) is 0 Å². The van der Waals surface area contributed by atoms with Crippen molar-refractivity contribution in [1.82, 2.24) is 4.57 Å². The Morgan fingerprint density at radius 1 is 0.639 bits per heavy atom. The molecule has 0 fully saturated rings. The fraction of sp³-hybridized carbons (Fsp3) is 0.719. The third kappa shape index (κ3) is 14.7. The molecule has 1 aromatic carbocycles. The molecule has 2 nitrogen and oxygen atoms in total. The normalized spacial score (nSPS) is 11.1. The van der Waals surface area contributed by atoms with Crippen molar-refractivity contribution in [1.29, 1.82) is 0 Å². The number of aryl methyl sites for hydroxylation is 1. The highest BCUT2D eigenvalue weighted by atomic mass is 35.5. The molecule has 206 valence electrons. The lowest BCUT2D eigenvalue weighted by Gasteiger charge is -2.06. The van der Waals surface area contributed by atoms with Crippen LogP contribution >= 0.6 is 11.8 Å². The average Bonchev–Trinajstić information content (AvgIpc) is 3.29. The Morgan fingerprint density at radius 2 is 1.14 bits per heavy atom. The van der Waals surface area contributed by atoms with Gasteiger partial charge in [-0.15, -0.1) is 11.8 Å². The van der Waals surface area contributed by atoms with Crippen molar-refractivity contribution in [2.45, 2.75) is 142 Å². The van der Waals surface area contributed by atoms with Crippen LogP contribution in [0.25, 0.3) is 11.4 Å². The zero-order valence-electron chi connectivity index (χ0n) is 23.6. The van der Waals surface area contributed by atoms with Gasteiger partial charge in [0.25, 0.3) is 5.82 Å². The van der Waals surface area contributed by atoms with Gasteiger partial charge in [-0.25, -0.2) is 9.13 Å². The van der Waals surface area contributed by atoms with Gasteiger partial charge >= 0.3 is 0 Å². The van der Waals surface area contributed by atoms with E-state index in [1.54, 1.807) is 0 Å². The Balaban J connectivity index is 0.00000648. The van der Waals surface area contributed by atoms with Crippen LogP contribution in [0.3, 0.4) is 0 Å². The molecule has 4 heteroatoms. The molecule has 0 spiro atoms. The summed E-state index contributed by atoms with van der Waals surface area (Å²) in [5.41, 5.74) is 1.34. The topological polar surface area (TPSA) is 8.81 Å². The van der Waals surface area contributed by atoms with E-state index in [0.29, 0.717) is 0 Å². The summed E-state index contributed by atoms with van der Waals surface area (Å²) in [5.74, 6) is 3.72. The van der Waals surface area contributed by atoms with Crippen LogP contribution in [-0.4, -0.2) is 10.3 Å². The lowest BCUT2D eigenvalue weighted by Crippen LogP contribution is -3.00. The second-order valence-corrected chi connectivity index (χ2v) is 11.4. The molecule has 0 amide bonds. The molecule has 0 aliphatic rings. The fourth-order valence-corrected chi connectivity index (χ4v) is 5.88. The van der Waals surface area contributed by atoms with Crippen LogP contribution in [0.2, 0.25) is 0 Å². The second-order valence-electron chi connectivity index (χ2n) is 10.3. The maximum absolute atomic E-state index is 2.50. The zero-order valence-corrected chi connectivity index (χ0v) is 25.1. The van der Waals surface area contributed by atoms with Crippen LogP contribution < -0.4 is 17.0 Å². The molecule has 0 atom stereocenters. The molecule has 36 heavy (non-hydrogen) atoms. The smallest absolute Gasteiger partial charge is 0.289 e. The van der Waals surface area contributed by atoms with E-state index in [1.165, 1.54) is 133 Å². The maximum Gasteiger partial charge on any atom is 0.289 e. The van der Waals surface area contributed by atoms with Crippen molar-refractivity contribution in [3.8, 4) is 11.4 Å². The van der Waals surface area contributed by atoms with Crippen LogP contribution in [0.4, 0.5) is 0 Å². The van der Waals surface area contributed by atoms with E-state index >= 15 is 0 Å². The van der Waals surface area contributed by atoms with Crippen LogP contribution in [0.1, 0.15) is 129 Å². The molecule has 1 heterocycles. The summed E-state index contributed by atoms with van der Waals surface area (Å²) in [6.45, 7) is 5.73. The molecular weight excluding hydrogens is 480 g/mol. The SMILES string of the molecule is CCCCCCCCCCCCn1cc[n+](CSCCCCCCCCCC)c1-c1ccccc1.[Cl-]. The van der Waals surface area contributed by atoms with Gasteiger partial charge in [0.2, 0.25) is 0 Å². The molecule has 0 aliphatic carbocycles. The summed E-state index contributed by atoms with van der Waals surface area (Å²) in [6, 6.07) is 11.0. The third-order valence-corrected chi connectivity index (χ3v) is 8.17. The minimum Gasteiger partial charge on any atom is -1.00 e. The molecule has 0 saturated carbocycles. The number of hydrogen-bond acceptors (Lipinski definition) is 1. The lowest BCUT2D eigenvalue weighted by atomic mass is 10.1. The van der Waals surface area contributed by atoms with Crippen molar-refractivity contribution >= 4 is 11.8 Å². The first kappa shape index (κ1) is 33.1. The number of rotatable bonds is 23. The monoisotopic (exact) mass is 534 g/mol. The van der Waals surface area contributed by atoms with Crippen molar-refractivity contribution in [2.24, 2.45) is 0 Å². The number of aromatic nitrogens is 2. The zero-order chi connectivity index (χ0) is 24.8. The molecule has 2 aromatic rings. The summed E-state index contributed by atoms with van der Waals surface area (Å²) in [5, 5.41) is 0. The highest BCUT2D eigenvalue weighted by Crippen LogP contribution is 2.19. The second kappa shape index (κ2) is 23.2. The van der Waals surface area contributed by atoms with Crippen molar-refractivity contribution in [2.75, 3.05) is 5.75 Å². The molecule has 0 unspecified atom stereocenters. The summed E-state index contributed by atoms with van der Waals surface area (Å²) in [4.78, 5) is 0. The molecule has 0 bridgehead atoms. The van der Waals surface area contributed by atoms with Crippen molar-refractivity contribution < 1.29 is 17.0 Å². The van der Waals surface area contributed by atoms with E-state index < -0.39 is 0 Å². The standard InChI is InChI=1S/C32H55N2S.ClH/c1-3-5-7-9-11-13-14-15-17-22-26-33-27-28-34(32(33)31-24-20-19-21-25-31)30-35-29-23-18-16-12-10-8-6-4-2;/h19-21,24-25,27-28H,3-18,22-23,26,29-30H2,1-2H3;1H/q+1;/p-1. The number of thioether (sulfide) groups is 1. The van der Waals surface area contributed by atoms with Gasteiger partial charge in [-0.1, -0.05) is 128 Å². The van der Waals surface area contributed by atoms with Gasteiger partial charge in [-0.05, 0) is 37.1 Å². The van der Waals surface area contributed by atoms with Crippen LogP contribution in [0, 0.1) is 0 Å². The van der Waals surface area contributed by atoms with E-state index in [2.05, 4.69) is 77.5 Å². The highest BCUT2D eigenvalue weighted by molar-refractivity contribution is 7.98. The summed E-state index contributed by atoms with van der Waals surface area (Å²) in [7, 11) is 0. The molecule has 0 radical (unpaired) electrons. The number of halogens is 1. The number of imidazole rings is 1. The van der Waals surface area contributed by atoms with Crippen molar-refractivity contribution in [3.05, 3.63) is 42.7 Å². The largest absolute Gasteiger partial charge is 1.00 e. The van der Waals surface area contributed by atoms with Crippen molar-refractivity contribution in [3.63, 3.8) is 0 Å². The van der Waals surface area contributed by atoms with Gasteiger partial charge in [-0.3, -0.25) is 0 Å². The summed E-state index contributed by atoms with van der Waals surface area (Å²) < 4.78 is 4.97. The number of unbranched alkanes of at least 4 members (excludes halogenated alkanes) is 16. The van der Waals surface area contributed by atoms with E-state index in [-0.39, 0.29) is 12.4 Å². The van der Waals surface area contributed by atoms with E-state index in [0.717, 1.165) is 12.4 Å². The van der Waals surface area contributed by atoms with Gasteiger partial charge in [0.1, 0.15) is 18.3 Å². The Labute approximate surface area is 234 Å². The number of benzene rings is 1. The Hall–Kier alpha value is -0.930. The first-order chi connectivity index (χ1) is 17.4. The maximum atomic E-state index is 2.50. The molecular formula is C32H55ClN2S. The van der Waals surface area contributed by atoms with Gasteiger partial charge in [0.15, 0.2) is 0 Å². The Morgan fingerprint density at radius 3 is 1.69 bits per heavy atom. The van der Waals surface area contributed by atoms with Crippen LogP contribution in [-0.2, 0) is 12.4 Å². The van der Waals surface area contributed by atoms with E-state index in [9.17, 15) is 0 Å². The van der Waals surface area contributed by atoms with Gasteiger partial charge < -0.3 is 12.4 Å². The molecule has 2 rings (SSSR count). The lowest BCUT2D eigenvalue weighted by molar-refractivity contribution is -0.664. The third-order valence-electron chi connectivity index (χ3n) is 7.13. The predicted molar refractivity (Wildman–Crippen MR) is 157 cm³/mol.